The normalized spacial score (nSPS) is 14.2. The summed E-state index contributed by atoms with van der Waals surface area (Å²) in [5.74, 6) is 0.644. The number of hydrogen-bond acceptors (Lipinski definition) is 3. The lowest BCUT2D eigenvalue weighted by molar-refractivity contribution is -0.141. The van der Waals surface area contributed by atoms with Gasteiger partial charge in [-0.05, 0) is 48.1 Å². The molecule has 1 atom stereocenters. The van der Waals surface area contributed by atoms with Crippen LogP contribution in [0.5, 0.6) is 5.75 Å². The molecule has 0 bridgehead atoms. The lowest BCUT2D eigenvalue weighted by Crippen LogP contribution is -2.52. The van der Waals surface area contributed by atoms with Crippen LogP contribution in [0.15, 0.2) is 84.9 Å². The maximum atomic E-state index is 13.8. The number of benzene rings is 3. The van der Waals surface area contributed by atoms with Crippen LogP contribution in [-0.4, -0.2) is 35.9 Å². The minimum atomic E-state index is -0.595. The molecule has 3 aromatic carbocycles. The first-order valence-electron chi connectivity index (χ1n) is 12.9. The molecule has 0 heterocycles. The molecule has 1 aliphatic rings. The Morgan fingerprint density at radius 3 is 2.19 bits per heavy atom. The molecule has 188 valence electrons. The maximum absolute atomic E-state index is 13.8. The second kappa shape index (κ2) is 12.9. The van der Waals surface area contributed by atoms with Gasteiger partial charge in [0.05, 0.1) is 7.11 Å². The van der Waals surface area contributed by atoms with Crippen LogP contribution < -0.4 is 10.1 Å². The first kappa shape index (κ1) is 25.5. The van der Waals surface area contributed by atoms with E-state index in [4.69, 9.17) is 4.74 Å². The zero-order valence-electron chi connectivity index (χ0n) is 21.1. The zero-order valence-corrected chi connectivity index (χ0v) is 21.1. The van der Waals surface area contributed by atoms with Crippen LogP contribution in [0.4, 0.5) is 0 Å². The van der Waals surface area contributed by atoms with Crippen molar-refractivity contribution in [2.75, 3.05) is 7.11 Å². The Morgan fingerprint density at radius 2 is 1.53 bits per heavy atom. The van der Waals surface area contributed by atoms with Crippen LogP contribution in [0.25, 0.3) is 0 Å². The Hall–Kier alpha value is -3.60. The van der Waals surface area contributed by atoms with Gasteiger partial charge < -0.3 is 15.0 Å². The molecule has 2 amide bonds. The monoisotopic (exact) mass is 484 g/mol. The molecule has 1 fully saturated rings. The third-order valence-corrected chi connectivity index (χ3v) is 6.93. The van der Waals surface area contributed by atoms with Crippen molar-refractivity contribution < 1.29 is 14.3 Å². The molecule has 0 aromatic heterocycles. The number of carbonyl (C=O) groups excluding carboxylic acids is 2. The molecular formula is C31H36N2O3. The summed E-state index contributed by atoms with van der Waals surface area (Å²) >= 11 is 0. The first-order valence-corrected chi connectivity index (χ1v) is 12.9. The summed E-state index contributed by atoms with van der Waals surface area (Å²) in [6.45, 7) is 0.348. The van der Waals surface area contributed by atoms with Crippen molar-refractivity contribution >= 4 is 11.8 Å². The van der Waals surface area contributed by atoms with Gasteiger partial charge in [-0.3, -0.25) is 9.59 Å². The van der Waals surface area contributed by atoms with E-state index in [0.717, 1.165) is 48.1 Å². The molecule has 5 heteroatoms. The summed E-state index contributed by atoms with van der Waals surface area (Å²) in [7, 11) is 1.63. The van der Waals surface area contributed by atoms with Crippen molar-refractivity contribution in [3.8, 4) is 5.75 Å². The number of nitrogens with one attached hydrogen (secondary N) is 1. The van der Waals surface area contributed by atoms with E-state index >= 15 is 0 Å². The maximum Gasteiger partial charge on any atom is 0.243 e. The van der Waals surface area contributed by atoms with Gasteiger partial charge in [0.1, 0.15) is 11.8 Å². The summed E-state index contributed by atoms with van der Waals surface area (Å²) in [4.78, 5) is 29.2. The lowest BCUT2D eigenvalue weighted by Gasteiger charge is -2.32. The zero-order chi connectivity index (χ0) is 25.2. The van der Waals surface area contributed by atoms with Crippen molar-refractivity contribution in [3.63, 3.8) is 0 Å². The van der Waals surface area contributed by atoms with E-state index in [0.29, 0.717) is 25.8 Å². The van der Waals surface area contributed by atoms with Crippen molar-refractivity contribution in [3.05, 3.63) is 102 Å². The third-order valence-electron chi connectivity index (χ3n) is 6.93. The second-order valence-electron chi connectivity index (χ2n) is 9.55. The fourth-order valence-corrected chi connectivity index (χ4v) is 4.93. The Kier molecular flexibility index (Phi) is 9.15. The standard InChI is InChI=1S/C31H36N2O3/c1-36-28-18-10-15-26(21-28)23-33(30(34)20-19-24-11-4-2-5-12-24)29(22-25-13-6-3-7-14-25)31(35)32-27-16-8-9-17-27/h2-7,10-15,18,21,27,29H,8-9,16-17,19-20,22-23H2,1H3,(H,32,35). The Bertz CT molecular complexity index is 1110. The highest BCUT2D eigenvalue weighted by molar-refractivity contribution is 5.88. The van der Waals surface area contributed by atoms with Gasteiger partial charge in [0.25, 0.3) is 0 Å². The van der Waals surface area contributed by atoms with Gasteiger partial charge in [0, 0.05) is 25.4 Å². The second-order valence-corrected chi connectivity index (χ2v) is 9.55. The molecule has 1 aliphatic carbocycles. The summed E-state index contributed by atoms with van der Waals surface area (Å²) in [6, 6.07) is 27.3. The number of methoxy groups -OCH3 is 1. The van der Waals surface area contributed by atoms with E-state index in [1.165, 1.54) is 0 Å². The predicted octanol–water partition coefficient (Wildman–Crippen LogP) is 5.33. The highest BCUT2D eigenvalue weighted by Gasteiger charge is 2.32. The van der Waals surface area contributed by atoms with Crippen LogP contribution in [-0.2, 0) is 29.0 Å². The number of rotatable bonds is 11. The van der Waals surface area contributed by atoms with Crippen LogP contribution in [0.3, 0.4) is 0 Å². The summed E-state index contributed by atoms with van der Waals surface area (Å²) in [5.41, 5.74) is 3.09. The fraction of sp³-hybridized carbons (Fsp3) is 0.355. The summed E-state index contributed by atoms with van der Waals surface area (Å²) < 4.78 is 5.41. The van der Waals surface area contributed by atoms with Gasteiger partial charge in [-0.1, -0.05) is 85.6 Å². The highest BCUT2D eigenvalue weighted by atomic mass is 16.5. The minimum absolute atomic E-state index is 0.0239. The average molecular weight is 485 g/mol. The first-order chi connectivity index (χ1) is 17.6. The van der Waals surface area contributed by atoms with Gasteiger partial charge in [-0.25, -0.2) is 0 Å². The Morgan fingerprint density at radius 1 is 0.889 bits per heavy atom. The molecule has 1 N–H and O–H groups in total. The molecule has 1 saturated carbocycles. The number of nitrogens with zero attached hydrogens (tertiary/aromatic N) is 1. The average Bonchev–Trinajstić information content (AvgIpc) is 3.43. The summed E-state index contributed by atoms with van der Waals surface area (Å²) in [5, 5.41) is 3.26. The van der Waals surface area contributed by atoms with E-state index in [-0.39, 0.29) is 17.9 Å². The lowest BCUT2D eigenvalue weighted by atomic mass is 10.0. The van der Waals surface area contributed by atoms with Gasteiger partial charge >= 0.3 is 0 Å². The van der Waals surface area contributed by atoms with E-state index in [2.05, 4.69) is 5.32 Å². The van der Waals surface area contributed by atoms with E-state index in [9.17, 15) is 9.59 Å². The smallest absolute Gasteiger partial charge is 0.243 e. The molecule has 3 aromatic rings. The van der Waals surface area contributed by atoms with Gasteiger partial charge in [0.15, 0.2) is 0 Å². The predicted molar refractivity (Wildman–Crippen MR) is 143 cm³/mol. The van der Waals surface area contributed by atoms with Gasteiger partial charge in [-0.15, -0.1) is 0 Å². The molecule has 0 saturated heterocycles. The molecule has 0 aliphatic heterocycles. The van der Waals surface area contributed by atoms with Crippen LogP contribution in [0.1, 0.15) is 48.8 Å². The topological polar surface area (TPSA) is 58.6 Å². The van der Waals surface area contributed by atoms with Crippen molar-refractivity contribution in [2.24, 2.45) is 0 Å². The quantitative estimate of drug-likeness (QED) is 0.400. The van der Waals surface area contributed by atoms with Crippen LogP contribution in [0, 0.1) is 0 Å². The molecule has 1 unspecified atom stereocenters. The molecule has 0 radical (unpaired) electrons. The molecule has 5 nitrogen and oxygen atoms in total. The van der Waals surface area contributed by atoms with Crippen molar-refractivity contribution in [1.82, 2.24) is 10.2 Å². The van der Waals surface area contributed by atoms with E-state index in [1.54, 1.807) is 12.0 Å². The number of ether oxygens (including phenoxy) is 1. The highest BCUT2D eigenvalue weighted by Crippen LogP contribution is 2.22. The van der Waals surface area contributed by atoms with E-state index < -0.39 is 6.04 Å². The number of carbonyl (C=O) groups is 2. The molecular weight excluding hydrogens is 448 g/mol. The number of amides is 2. The van der Waals surface area contributed by atoms with Gasteiger partial charge in [0.2, 0.25) is 11.8 Å². The minimum Gasteiger partial charge on any atom is -0.497 e. The fourth-order valence-electron chi connectivity index (χ4n) is 4.93. The Labute approximate surface area is 214 Å². The van der Waals surface area contributed by atoms with Crippen LogP contribution >= 0.6 is 0 Å². The van der Waals surface area contributed by atoms with Crippen molar-refractivity contribution in [1.29, 1.82) is 0 Å². The van der Waals surface area contributed by atoms with Crippen LogP contribution in [0.2, 0.25) is 0 Å². The largest absolute Gasteiger partial charge is 0.497 e. The molecule has 0 spiro atoms. The Balaban J connectivity index is 1.62. The van der Waals surface area contributed by atoms with E-state index in [1.807, 2.05) is 84.9 Å². The summed E-state index contributed by atoms with van der Waals surface area (Å²) in [6.07, 6.45) is 5.73. The molecule has 4 rings (SSSR count). The third kappa shape index (κ3) is 7.20. The van der Waals surface area contributed by atoms with Crippen molar-refractivity contribution in [2.45, 2.75) is 63.6 Å². The van der Waals surface area contributed by atoms with Gasteiger partial charge in [-0.2, -0.15) is 0 Å². The molecule has 36 heavy (non-hydrogen) atoms. The number of aryl methyl sites for hydroxylation is 1. The SMILES string of the molecule is COc1cccc(CN(C(=O)CCc2ccccc2)C(Cc2ccccc2)C(=O)NC2CCCC2)c1. The number of hydrogen-bond donors (Lipinski definition) is 1.